The maximum atomic E-state index is 5.30. The summed E-state index contributed by atoms with van der Waals surface area (Å²) >= 11 is 0. The molecule has 0 aromatic heterocycles. The van der Waals surface area contributed by atoms with Crippen LogP contribution in [0, 0.1) is 13.8 Å². The Hall–Kier alpha value is -1.96. The van der Waals surface area contributed by atoms with E-state index in [1.807, 2.05) is 12.1 Å². The SMILES string of the molecule is COc1ccc(C)c(Cc2cc(OC)ccc2C)c1. The van der Waals surface area contributed by atoms with Crippen molar-refractivity contribution in [3.63, 3.8) is 0 Å². The Morgan fingerprint density at radius 1 is 0.737 bits per heavy atom. The van der Waals surface area contributed by atoms with Crippen LogP contribution < -0.4 is 9.47 Å². The molecule has 0 aliphatic carbocycles. The van der Waals surface area contributed by atoms with Crippen molar-refractivity contribution in [3.05, 3.63) is 58.7 Å². The molecule has 19 heavy (non-hydrogen) atoms. The molecule has 0 atom stereocenters. The highest BCUT2D eigenvalue weighted by molar-refractivity contribution is 5.42. The second-order valence-corrected chi connectivity index (χ2v) is 4.76. The van der Waals surface area contributed by atoms with Gasteiger partial charge in [-0.2, -0.15) is 0 Å². The van der Waals surface area contributed by atoms with Crippen LogP contribution in [0.3, 0.4) is 0 Å². The Bertz CT molecular complexity index is 522. The van der Waals surface area contributed by atoms with E-state index in [-0.39, 0.29) is 0 Å². The molecule has 0 aliphatic rings. The summed E-state index contributed by atoms with van der Waals surface area (Å²) in [5.41, 5.74) is 5.14. The van der Waals surface area contributed by atoms with E-state index in [2.05, 4.69) is 38.1 Å². The normalized spacial score (nSPS) is 10.3. The van der Waals surface area contributed by atoms with Crippen molar-refractivity contribution in [2.45, 2.75) is 20.3 Å². The van der Waals surface area contributed by atoms with Crippen molar-refractivity contribution in [2.24, 2.45) is 0 Å². The molecule has 0 radical (unpaired) electrons. The second-order valence-electron chi connectivity index (χ2n) is 4.76. The van der Waals surface area contributed by atoms with E-state index in [4.69, 9.17) is 9.47 Å². The van der Waals surface area contributed by atoms with Crippen molar-refractivity contribution < 1.29 is 9.47 Å². The molecule has 100 valence electrons. The molecule has 0 spiro atoms. The van der Waals surface area contributed by atoms with Gasteiger partial charge in [-0.15, -0.1) is 0 Å². The first-order valence-corrected chi connectivity index (χ1v) is 6.41. The van der Waals surface area contributed by atoms with Gasteiger partial charge in [0.05, 0.1) is 14.2 Å². The fourth-order valence-corrected chi connectivity index (χ4v) is 2.14. The van der Waals surface area contributed by atoms with Crippen molar-refractivity contribution in [1.29, 1.82) is 0 Å². The zero-order chi connectivity index (χ0) is 13.8. The highest BCUT2D eigenvalue weighted by Crippen LogP contribution is 2.24. The van der Waals surface area contributed by atoms with Crippen molar-refractivity contribution in [3.8, 4) is 11.5 Å². The number of hydrogen-bond acceptors (Lipinski definition) is 2. The van der Waals surface area contributed by atoms with Gasteiger partial charge in [-0.25, -0.2) is 0 Å². The van der Waals surface area contributed by atoms with Crippen LogP contribution in [0.2, 0.25) is 0 Å². The smallest absolute Gasteiger partial charge is 0.119 e. The van der Waals surface area contributed by atoms with Crippen LogP contribution in [0.25, 0.3) is 0 Å². The lowest BCUT2D eigenvalue weighted by Crippen LogP contribution is -1.96. The largest absolute Gasteiger partial charge is 0.497 e. The van der Waals surface area contributed by atoms with E-state index in [0.29, 0.717) is 0 Å². The number of ether oxygens (including phenoxy) is 2. The summed E-state index contributed by atoms with van der Waals surface area (Å²) < 4.78 is 10.6. The molecular formula is C17H20O2. The summed E-state index contributed by atoms with van der Waals surface area (Å²) in [4.78, 5) is 0. The lowest BCUT2D eigenvalue weighted by Gasteiger charge is -2.12. The summed E-state index contributed by atoms with van der Waals surface area (Å²) in [7, 11) is 3.40. The topological polar surface area (TPSA) is 18.5 Å². The number of rotatable bonds is 4. The zero-order valence-corrected chi connectivity index (χ0v) is 12.0. The first-order valence-electron chi connectivity index (χ1n) is 6.41. The van der Waals surface area contributed by atoms with Crippen LogP contribution >= 0.6 is 0 Å². The molecule has 0 bridgehead atoms. The maximum absolute atomic E-state index is 5.30. The number of hydrogen-bond donors (Lipinski definition) is 0. The number of methoxy groups -OCH3 is 2. The second kappa shape index (κ2) is 5.79. The van der Waals surface area contributed by atoms with Crippen LogP contribution in [0.4, 0.5) is 0 Å². The fourth-order valence-electron chi connectivity index (χ4n) is 2.14. The molecular weight excluding hydrogens is 236 g/mol. The Labute approximate surface area is 115 Å². The zero-order valence-electron chi connectivity index (χ0n) is 12.0. The van der Waals surface area contributed by atoms with Crippen LogP contribution in [0.1, 0.15) is 22.3 Å². The quantitative estimate of drug-likeness (QED) is 0.825. The predicted molar refractivity (Wildman–Crippen MR) is 78.3 cm³/mol. The Balaban J connectivity index is 2.35. The molecule has 2 nitrogen and oxygen atoms in total. The van der Waals surface area contributed by atoms with Crippen molar-refractivity contribution in [1.82, 2.24) is 0 Å². The Morgan fingerprint density at radius 2 is 1.16 bits per heavy atom. The molecule has 0 saturated carbocycles. The van der Waals surface area contributed by atoms with Gasteiger partial charge in [0, 0.05) is 0 Å². The summed E-state index contributed by atoms with van der Waals surface area (Å²) in [5, 5.41) is 0. The van der Waals surface area contributed by atoms with Gasteiger partial charge in [-0.3, -0.25) is 0 Å². The maximum Gasteiger partial charge on any atom is 0.119 e. The van der Waals surface area contributed by atoms with Crippen molar-refractivity contribution >= 4 is 0 Å². The number of aryl methyl sites for hydroxylation is 2. The van der Waals surface area contributed by atoms with E-state index in [0.717, 1.165) is 17.9 Å². The molecule has 2 rings (SSSR count). The van der Waals surface area contributed by atoms with Gasteiger partial charge in [0.1, 0.15) is 11.5 Å². The van der Waals surface area contributed by atoms with Crippen LogP contribution in [-0.4, -0.2) is 14.2 Å². The first kappa shape index (κ1) is 13.5. The summed E-state index contributed by atoms with van der Waals surface area (Å²) in [6.07, 6.45) is 0.895. The average molecular weight is 256 g/mol. The number of benzene rings is 2. The average Bonchev–Trinajstić information content (AvgIpc) is 2.43. The molecule has 0 fully saturated rings. The predicted octanol–water partition coefficient (Wildman–Crippen LogP) is 3.91. The van der Waals surface area contributed by atoms with E-state index in [1.165, 1.54) is 22.3 Å². The highest BCUT2D eigenvalue weighted by Gasteiger charge is 2.06. The molecule has 0 amide bonds. The van der Waals surface area contributed by atoms with E-state index in [1.54, 1.807) is 14.2 Å². The third-order valence-electron chi connectivity index (χ3n) is 3.49. The first-order chi connectivity index (χ1) is 9.13. The van der Waals surface area contributed by atoms with Crippen LogP contribution in [0.15, 0.2) is 36.4 Å². The minimum atomic E-state index is 0.895. The van der Waals surface area contributed by atoms with Crippen LogP contribution in [0.5, 0.6) is 11.5 Å². The van der Waals surface area contributed by atoms with Gasteiger partial charge >= 0.3 is 0 Å². The van der Waals surface area contributed by atoms with Gasteiger partial charge in [0.25, 0.3) is 0 Å². The van der Waals surface area contributed by atoms with Gasteiger partial charge in [-0.05, 0) is 66.8 Å². The van der Waals surface area contributed by atoms with Gasteiger partial charge in [-0.1, -0.05) is 12.1 Å². The molecule has 0 heterocycles. The lowest BCUT2D eigenvalue weighted by molar-refractivity contribution is 0.413. The molecule has 0 aliphatic heterocycles. The molecule has 2 aromatic carbocycles. The van der Waals surface area contributed by atoms with Gasteiger partial charge in [0.2, 0.25) is 0 Å². The minimum Gasteiger partial charge on any atom is -0.497 e. The van der Waals surface area contributed by atoms with E-state index in [9.17, 15) is 0 Å². The van der Waals surface area contributed by atoms with Gasteiger partial charge < -0.3 is 9.47 Å². The molecule has 0 N–H and O–H groups in total. The highest BCUT2D eigenvalue weighted by atomic mass is 16.5. The molecule has 2 heteroatoms. The van der Waals surface area contributed by atoms with Crippen molar-refractivity contribution in [2.75, 3.05) is 14.2 Å². The lowest BCUT2D eigenvalue weighted by atomic mass is 9.97. The van der Waals surface area contributed by atoms with E-state index >= 15 is 0 Å². The fraction of sp³-hybridized carbons (Fsp3) is 0.294. The molecule has 2 aromatic rings. The van der Waals surface area contributed by atoms with Gasteiger partial charge in [0.15, 0.2) is 0 Å². The summed E-state index contributed by atoms with van der Waals surface area (Å²) in [5.74, 6) is 1.81. The monoisotopic (exact) mass is 256 g/mol. The minimum absolute atomic E-state index is 0.895. The molecule has 0 saturated heterocycles. The summed E-state index contributed by atoms with van der Waals surface area (Å²) in [6, 6.07) is 12.4. The standard InChI is InChI=1S/C17H20O2/c1-12-5-7-16(18-3)10-14(12)9-15-11-17(19-4)8-6-13(15)2/h5-8,10-11H,9H2,1-4H3. The van der Waals surface area contributed by atoms with Crippen LogP contribution in [-0.2, 0) is 6.42 Å². The summed E-state index contributed by atoms with van der Waals surface area (Å²) in [6.45, 7) is 4.26. The third kappa shape index (κ3) is 3.08. The third-order valence-corrected chi connectivity index (χ3v) is 3.49. The Kier molecular flexibility index (Phi) is 4.10. The Morgan fingerprint density at radius 3 is 1.53 bits per heavy atom. The molecule has 0 unspecified atom stereocenters. The van der Waals surface area contributed by atoms with E-state index < -0.39 is 0 Å².